The molecular formula is C18H40S11. The van der Waals surface area contributed by atoms with Gasteiger partial charge < -0.3 is 0 Å². The smallest absolute Gasteiger partial charge is 0.0226 e. The van der Waals surface area contributed by atoms with Crippen LogP contribution < -0.4 is 0 Å². The van der Waals surface area contributed by atoms with Crippen LogP contribution >= 0.6 is 135 Å². The lowest BCUT2D eigenvalue weighted by Crippen LogP contribution is -2.11. The summed E-state index contributed by atoms with van der Waals surface area (Å²) in [5.41, 5.74) is 0. The molecule has 0 N–H and O–H groups in total. The van der Waals surface area contributed by atoms with Crippen molar-refractivity contribution in [3.05, 3.63) is 0 Å². The number of rotatable bonds is 19. The molecule has 0 nitrogen and oxygen atoms in total. The Labute approximate surface area is 235 Å². The largest absolute Gasteiger partial charge is 0.178 e. The first-order chi connectivity index (χ1) is 14.0. The van der Waals surface area contributed by atoms with Crippen molar-refractivity contribution >= 4 is 135 Å². The molecule has 0 spiro atoms. The first-order valence-electron chi connectivity index (χ1n) is 9.74. The fourth-order valence-corrected chi connectivity index (χ4v) is 9.71. The zero-order valence-corrected chi connectivity index (χ0v) is 27.0. The van der Waals surface area contributed by atoms with E-state index in [-0.39, 0.29) is 0 Å². The van der Waals surface area contributed by atoms with Crippen LogP contribution in [0.5, 0.6) is 0 Å². The second kappa shape index (κ2) is 28.1. The summed E-state index contributed by atoms with van der Waals surface area (Å²) in [6.07, 6.45) is 0. The van der Waals surface area contributed by atoms with Gasteiger partial charge in [0.2, 0.25) is 0 Å². The summed E-state index contributed by atoms with van der Waals surface area (Å²) in [6, 6.07) is 0. The minimum absolute atomic E-state index is 0.406. The zero-order chi connectivity index (χ0) is 22.3. The highest BCUT2D eigenvalue weighted by molar-refractivity contribution is 8.06. The molecule has 0 rings (SSSR count). The SMILES string of the molecule is CCS[C@H](CS)CSCCSC[C@H](CS)SCC.SCC(S)CSC[C@H](S)CS. The Morgan fingerprint density at radius 3 is 1.21 bits per heavy atom. The quantitative estimate of drug-likeness (QED) is 0.0709. The minimum Gasteiger partial charge on any atom is -0.178 e. The molecule has 0 aromatic carbocycles. The summed E-state index contributed by atoms with van der Waals surface area (Å²) in [4.78, 5) is 0. The predicted octanol–water partition coefficient (Wildman–Crippen LogP) is 6.73. The lowest BCUT2D eigenvalue weighted by Gasteiger charge is -2.13. The molecule has 0 radical (unpaired) electrons. The van der Waals surface area contributed by atoms with Crippen LogP contribution in [0.4, 0.5) is 0 Å². The molecule has 0 amide bonds. The monoisotopic (exact) mass is 608 g/mol. The fourth-order valence-electron chi connectivity index (χ4n) is 1.77. The number of hydrogen-bond donors (Lipinski definition) is 6. The Kier molecular flexibility index (Phi) is 33.9. The average molecular weight is 609 g/mol. The standard InChI is InChI=1S/C12H26S6.C6H14S5/c1-3-17-11(7-13)9-15-5-6-16-10-12(8-14)18-4-2;7-1-5(9)3-11-4-6(10)2-8/h11-14H,3-10H2,1-2H3;5-10H,1-4H2/t11-,12+;5-,6?/m.1/s1. The van der Waals surface area contributed by atoms with Crippen LogP contribution in [0.25, 0.3) is 0 Å². The maximum atomic E-state index is 4.41. The molecule has 0 aliphatic carbocycles. The topological polar surface area (TPSA) is 0 Å². The Morgan fingerprint density at radius 1 is 0.552 bits per heavy atom. The molecule has 0 saturated carbocycles. The second-order valence-corrected chi connectivity index (χ2v) is 15.3. The van der Waals surface area contributed by atoms with Crippen LogP contribution in [0.2, 0.25) is 0 Å². The van der Waals surface area contributed by atoms with Gasteiger partial charge in [0.25, 0.3) is 0 Å². The lowest BCUT2D eigenvalue weighted by molar-refractivity contribution is 1.13. The van der Waals surface area contributed by atoms with Gasteiger partial charge in [0.1, 0.15) is 0 Å². The van der Waals surface area contributed by atoms with E-state index < -0.39 is 0 Å². The Bertz CT molecular complexity index is 282. The van der Waals surface area contributed by atoms with Crippen molar-refractivity contribution < 1.29 is 0 Å². The average Bonchev–Trinajstić information content (AvgIpc) is 2.74. The van der Waals surface area contributed by atoms with E-state index in [0.29, 0.717) is 10.5 Å². The molecule has 0 aliphatic rings. The van der Waals surface area contributed by atoms with E-state index in [2.05, 4.69) is 113 Å². The van der Waals surface area contributed by atoms with Crippen LogP contribution in [0, 0.1) is 0 Å². The molecule has 178 valence electrons. The molecule has 4 atom stereocenters. The maximum Gasteiger partial charge on any atom is 0.0226 e. The fraction of sp³-hybridized carbons (Fsp3) is 1.00. The van der Waals surface area contributed by atoms with Gasteiger partial charge in [-0.2, -0.15) is 135 Å². The second-order valence-electron chi connectivity index (χ2n) is 5.88. The zero-order valence-electron chi connectivity index (χ0n) is 17.5. The van der Waals surface area contributed by atoms with E-state index in [4.69, 9.17) is 0 Å². The highest BCUT2D eigenvalue weighted by Gasteiger charge is 2.08. The molecular weight excluding hydrogens is 569 g/mol. The van der Waals surface area contributed by atoms with E-state index in [1.54, 1.807) is 0 Å². The van der Waals surface area contributed by atoms with E-state index >= 15 is 0 Å². The highest BCUT2D eigenvalue weighted by atomic mass is 32.2. The molecule has 1 unspecified atom stereocenters. The van der Waals surface area contributed by atoms with Gasteiger partial charge in [0.15, 0.2) is 0 Å². The highest BCUT2D eigenvalue weighted by Crippen LogP contribution is 2.21. The van der Waals surface area contributed by atoms with Gasteiger partial charge in [-0.3, -0.25) is 0 Å². The number of thiol groups is 6. The van der Waals surface area contributed by atoms with Crippen LogP contribution in [0.1, 0.15) is 13.8 Å². The molecule has 0 fully saturated rings. The van der Waals surface area contributed by atoms with Gasteiger partial charge in [0.05, 0.1) is 0 Å². The Hall–Kier alpha value is 3.85. The normalized spacial score (nSPS) is 15.3. The summed E-state index contributed by atoms with van der Waals surface area (Å²) >= 11 is 35.8. The van der Waals surface area contributed by atoms with Crippen molar-refractivity contribution in [3.63, 3.8) is 0 Å². The van der Waals surface area contributed by atoms with Gasteiger partial charge in [-0.15, -0.1) is 0 Å². The van der Waals surface area contributed by atoms with E-state index in [1.165, 1.54) is 34.5 Å². The third-order valence-electron chi connectivity index (χ3n) is 3.23. The summed E-state index contributed by atoms with van der Waals surface area (Å²) in [6.45, 7) is 4.45. The third-order valence-corrected chi connectivity index (χ3v) is 13.8. The van der Waals surface area contributed by atoms with Crippen molar-refractivity contribution in [2.75, 3.05) is 69.0 Å². The van der Waals surface area contributed by atoms with E-state index in [1.807, 2.05) is 35.3 Å². The number of thioether (sulfide) groups is 5. The molecule has 11 heteroatoms. The van der Waals surface area contributed by atoms with Crippen LogP contribution in [0.15, 0.2) is 0 Å². The van der Waals surface area contributed by atoms with E-state index in [9.17, 15) is 0 Å². The molecule has 0 bridgehead atoms. The summed E-state index contributed by atoms with van der Waals surface area (Å²) in [5.74, 6) is 13.3. The first-order valence-corrected chi connectivity index (χ1v) is 18.9. The van der Waals surface area contributed by atoms with Crippen molar-refractivity contribution in [3.8, 4) is 0 Å². The van der Waals surface area contributed by atoms with Gasteiger partial charge >= 0.3 is 0 Å². The van der Waals surface area contributed by atoms with Gasteiger partial charge in [-0.1, -0.05) is 13.8 Å². The molecule has 0 heterocycles. The Morgan fingerprint density at radius 2 is 0.931 bits per heavy atom. The third kappa shape index (κ3) is 26.3. The van der Waals surface area contributed by atoms with E-state index in [0.717, 1.165) is 45.0 Å². The maximum absolute atomic E-state index is 4.41. The number of hydrogen-bond acceptors (Lipinski definition) is 11. The van der Waals surface area contributed by atoms with Crippen LogP contribution in [0.3, 0.4) is 0 Å². The summed E-state index contributed by atoms with van der Waals surface area (Å²) in [5, 5.41) is 2.27. The predicted molar refractivity (Wildman–Crippen MR) is 177 cm³/mol. The summed E-state index contributed by atoms with van der Waals surface area (Å²) in [7, 11) is 0. The molecule has 29 heavy (non-hydrogen) atoms. The minimum atomic E-state index is 0.406. The molecule has 0 aromatic rings. The summed E-state index contributed by atoms with van der Waals surface area (Å²) < 4.78 is 0. The van der Waals surface area contributed by atoms with Crippen molar-refractivity contribution in [2.45, 2.75) is 34.8 Å². The van der Waals surface area contributed by atoms with Crippen molar-refractivity contribution in [2.24, 2.45) is 0 Å². The van der Waals surface area contributed by atoms with Crippen LogP contribution in [-0.4, -0.2) is 90.0 Å². The van der Waals surface area contributed by atoms with Gasteiger partial charge in [-0.05, 0) is 11.5 Å². The van der Waals surface area contributed by atoms with Gasteiger partial charge in [-0.25, -0.2) is 0 Å². The first kappa shape index (κ1) is 35.0. The lowest BCUT2D eigenvalue weighted by atomic mass is 10.5. The molecule has 0 aliphatic heterocycles. The molecule has 0 aromatic heterocycles. The Balaban J connectivity index is 0. The van der Waals surface area contributed by atoms with Crippen molar-refractivity contribution in [1.82, 2.24) is 0 Å². The van der Waals surface area contributed by atoms with Crippen LogP contribution in [-0.2, 0) is 0 Å². The molecule has 0 saturated heterocycles. The van der Waals surface area contributed by atoms with Crippen molar-refractivity contribution in [1.29, 1.82) is 0 Å². The van der Waals surface area contributed by atoms with Gasteiger partial charge in [0, 0.05) is 78.5 Å².